The average molecular weight is 341 g/mol. The van der Waals surface area contributed by atoms with E-state index in [9.17, 15) is 0 Å². The summed E-state index contributed by atoms with van der Waals surface area (Å²) in [6.07, 6.45) is 4.28. The summed E-state index contributed by atoms with van der Waals surface area (Å²) in [6.45, 7) is 6.59. The van der Waals surface area contributed by atoms with Crippen molar-refractivity contribution in [2.75, 3.05) is 10.6 Å². The van der Waals surface area contributed by atoms with Gasteiger partial charge in [-0.05, 0) is 45.7 Å². The fraction of sp³-hybridized carbons (Fsp3) is 0.174. The van der Waals surface area contributed by atoms with Gasteiger partial charge in [-0.1, -0.05) is 69.3 Å². The van der Waals surface area contributed by atoms with E-state index in [4.69, 9.17) is 5.41 Å². The van der Waals surface area contributed by atoms with Crippen molar-refractivity contribution in [3.05, 3.63) is 71.3 Å². The average Bonchev–Trinajstić information content (AvgIpc) is 3.02. The molecule has 0 saturated heterocycles. The number of guanidine groups is 1. The number of benzene rings is 3. The number of nitrogens with one attached hydrogen (secondary N) is 3. The van der Waals surface area contributed by atoms with E-state index in [1.165, 1.54) is 22.1 Å². The molecule has 0 spiro atoms. The first-order chi connectivity index (χ1) is 12.4. The Labute approximate surface area is 154 Å². The van der Waals surface area contributed by atoms with Gasteiger partial charge < -0.3 is 10.6 Å². The molecule has 26 heavy (non-hydrogen) atoms. The minimum atomic E-state index is 0.128. The zero-order chi connectivity index (χ0) is 18.3. The zero-order valence-electron chi connectivity index (χ0n) is 15.4. The summed E-state index contributed by atoms with van der Waals surface area (Å²) in [5.41, 5.74) is 5.73. The number of hydrogen-bond donors (Lipinski definition) is 3. The summed E-state index contributed by atoms with van der Waals surface area (Å²) < 4.78 is 0. The Morgan fingerprint density at radius 1 is 0.808 bits per heavy atom. The van der Waals surface area contributed by atoms with Gasteiger partial charge >= 0.3 is 0 Å². The second-order valence-electron chi connectivity index (χ2n) is 7.76. The van der Waals surface area contributed by atoms with Gasteiger partial charge in [-0.3, -0.25) is 5.41 Å². The first kappa shape index (κ1) is 16.4. The molecule has 0 aromatic heterocycles. The summed E-state index contributed by atoms with van der Waals surface area (Å²) in [7, 11) is 0. The van der Waals surface area contributed by atoms with E-state index in [1.807, 2.05) is 18.2 Å². The molecule has 3 N–H and O–H groups in total. The Morgan fingerprint density at radius 3 is 2.19 bits per heavy atom. The fourth-order valence-electron chi connectivity index (χ4n) is 3.39. The fourth-order valence-corrected chi connectivity index (χ4v) is 3.39. The van der Waals surface area contributed by atoms with E-state index in [2.05, 4.69) is 80.0 Å². The van der Waals surface area contributed by atoms with Crippen LogP contribution >= 0.6 is 0 Å². The molecule has 0 amide bonds. The third kappa shape index (κ3) is 2.97. The third-order valence-electron chi connectivity index (χ3n) is 4.83. The Kier molecular flexibility index (Phi) is 3.80. The predicted molar refractivity (Wildman–Crippen MR) is 113 cm³/mol. The Hall–Kier alpha value is -3.07. The summed E-state index contributed by atoms with van der Waals surface area (Å²) in [4.78, 5) is 0. The first-order valence-corrected chi connectivity index (χ1v) is 8.89. The molecule has 3 heteroatoms. The number of anilines is 2. The molecule has 1 aliphatic carbocycles. The van der Waals surface area contributed by atoms with Crippen LogP contribution in [-0.2, 0) is 5.41 Å². The maximum atomic E-state index is 8.30. The van der Waals surface area contributed by atoms with Crippen LogP contribution < -0.4 is 10.6 Å². The molecule has 130 valence electrons. The summed E-state index contributed by atoms with van der Waals surface area (Å²) in [5.74, 6) is 0.264. The third-order valence-corrected chi connectivity index (χ3v) is 4.83. The van der Waals surface area contributed by atoms with E-state index < -0.39 is 0 Å². The van der Waals surface area contributed by atoms with Gasteiger partial charge in [-0.15, -0.1) is 0 Å². The van der Waals surface area contributed by atoms with E-state index in [-0.39, 0.29) is 11.4 Å². The normalized spacial score (nSPS) is 12.4. The van der Waals surface area contributed by atoms with Crippen LogP contribution in [0, 0.1) is 5.41 Å². The highest BCUT2D eigenvalue weighted by molar-refractivity contribution is 6.13. The SMILES string of the molecule is CC(C)(C)c1ccc(NC(=N)Nc2ccc3c4c(cccc24)C=C3)cc1. The van der Waals surface area contributed by atoms with Crippen LogP contribution in [0.4, 0.5) is 11.4 Å². The molecule has 0 bridgehead atoms. The maximum Gasteiger partial charge on any atom is 0.197 e. The second-order valence-corrected chi connectivity index (χ2v) is 7.76. The summed E-state index contributed by atoms with van der Waals surface area (Å²) in [5, 5.41) is 17.0. The van der Waals surface area contributed by atoms with Crippen LogP contribution in [0.3, 0.4) is 0 Å². The van der Waals surface area contributed by atoms with Crippen molar-refractivity contribution in [2.24, 2.45) is 0 Å². The van der Waals surface area contributed by atoms with Crippen molar-refractivity contribution < 1.29 is 0 Å². The molecule has 0 aliphatic heterocycles. The predicted octanol–water partition coefficient (Wildman–Crippen LogP) is 6.08. The van der Waals surface area contributed by atoms with Gasteiger partial charge in [0.1, 0.15) is 0 Å². The van der Waals surface area contributed by atoms with Gasteiger partial charge in [-0.25, -0.2) is 0 Å². The highest BCUT2D eigenvalue weighted by atomic mass is 15.1. The second kappa shape index (κ2) is 6.03. The molecule has 4 rings (SSSR count). The van der Waals surface area contributed by atoms with Crippen molar-refractivity contribution in [3.63, 3.8) is 0 Å². The van der Waals surface area contributed by atoms with Crippen molar-refractivity contribution in [1.82, 2.24) is 0 Å². The lowest BCUT2D eigenvalue weighted by molar-refractivity contribution is 0.590. The minimum absolute atomic E-state index is 0.128. The van der Waals surface area contributed by atoms with Crippen LogP contribution in [-0.4, -0.2) is 5.96 Å². The molecular formula is C23H23N3. The largest absolute Gasteiger partial charge is 0.326 e. The lowest BCUT2D eigenvalue weighted by Crippen LogP contribution is -2.20. The highest BCUT2D eigenvalue weighted by Gasteiger charge is 2.14. The topological polar surface area (TPSA) is 47.9 Å². The van der Waals surface area contributed by atoms with Crippen molar-refractivity contribution >= 4 is 40.3 Å². The highest BCUT2D eigenvalue weighted by Crippen LogP contribution is 2.35. The Balaban J connectivity index is 1.54. The van der Waals surface area contributed by atoms with E-state index in [0.717, 1.165) is 16.8 Å². The quantitative estimate of drug-likeness (QED) is 0.306. The number of hydrogen-bond acceptors (Lipinski definition) is 1. The maximum absolute atomic E-state index is 8.30. The van der Waals surface area contributed by atoms with Gasteiger partial charge in [0.05, 0.1) is 0 Å². The molecule has 0 heterocycles. The molecule has 0 unspecified atom stereocenters. The van der Waals surface area contributed by atoms with Crippen molar-refractivity contribution in [3.8, 4) is 0 Å². The molecule has 0 radical (unpaired) electrons. The van der Waals surface area contributed by atoms with Crippen molar-refractivity contribution in [1.29, 1.82) is 5.41 Å². The van der Waals surface area contributed by atoms with Crippen LogP contribution in [0.5, 0.6) is 0 Å². The molecule has 3 aromatic carbocycles. The van der Waals surface area contributed by atoms with E-state index in [1.54, 1.807) is 0 Å². The summed E-state index contributed by atoms with van der Waals surface area (Å²) in [6, 6.07) is 18.7. The molecule has 3 nitrogen and oxygen atoms in total. The number of rotatable bonds is 2. The van der Waals surface area contributed by atoms with Crippen molar-refractivity contribution in [2.45, 2.75) is 26.2 Å². The molecule has 0 saturated carbocycles. The van der Waals surface area contributed by atoms with Crippen LogP contribution in [0.2, 0.25) is 0 Å². The van der Waals surface area contributed by atoms with Gasteiger partial charge in [0.2, 0.25) is 0 Å². The standard InChI is InChI=1S/C23H23N3/c1-23(2,3)17-10-12-18(13-11-17)25-22(24)26-20-14-9-16-8-7-15-5-4-6-19(20)21(15)16/h4-14H,1-3H3,(H3,24,25,26). The van der Waals surface area contributed by atoms with E-state index in [0.29, 0.717) is 0 Å². The van der Waals surface area contributed by atoms with Gasteiger partial charge in [0.25, 0.3) is 0 Å². The van der Waals surface area contributed by atoms with Gasteiger partial charge in [-0.2, -0.15) is 0 Å². The molecule has 3 aromatic rings. The molecule has 1 aliphatic rings. The molecular weight excluding hydrogens is 318 g/mol. The van der Waals surface area contributed by atoms with E-state index >= 15 is 0 Å². The lowest BCUT2D eigenvalue weighted by atomic mass is 9.87. The van der Waals surface area contributed by atoms with Crippen LogP contribution in [0.15, 0.2) is 54.6 Å². The Morgan fingerprint density at radius 2 is 1.50 bits per heavy atom. The smallest absolute Gasteiger partial charge is 0.197 e. The molecule has 0 atom stereocenters. The van der Waals surface area contributed by atoms with Gasteiger partial charge in [0.15, 0.2) is 5.96 Å². The van der Waals surface area contributed by atoms with Crippen LogP contribution in [0.1, 0.15) is 37.5 Å². The monoisotopic (exact) mass is 341 g/mol. The Bertz CT molecular complexity index is 1010. The zero-order valence-corrected chi connectivity index (χ0v) is 15.4. The van der Waals surface area contributed by atoms with Gasteiger partial charge in [0, 0.05) is 16.8 Å². The first-order valence-electron chi connectivity index (χ1n) is 8.89. The minimum Gasteiger partial charge on any atom is -0.326 e. The summed E-state index contributed by atoms with van der Waals surface area (Å²) >= 11 is 0. The lowest BCUT2D eigenvalue weighted by Gasteiger charge is -2.19. The van der Waals surface area contributed by atoms with Crippen LogP contribution in [0.25, 0.3) is 22.9 Å². The molecule has 0 fully saturated rings.